The van der Waals surface area contributed by atoms with Gasteiger partial charge in [-0.1, -0.05) is 12.0 Å². The molecule has 1 aliphatic heterocycles. The molecular formula is C29H33F3N4O3. The van der Waals surface area contributed by atoms with Crippen molar-refractivity contribution in [1.82, 2.24) is 9.47 Å². The van der Waals surface area contributed by atoms with Gasteiger partial charge in [-0.15, -0.1) is 0 Å². The van der Waals surface area contributed by atoms with Crippen LogP contribution in [-0.2, 0) is 11.3 Å². The lowest BCUT2D eigenvalue weighted by Gasteiger charge is -2.32. The summed E-state index contributed by atoms with van der Waals surface area (Å²) in [5, 5.41) is 7.38. The lowest BCUT2D eigenvalue weighted by Crippen LogP contribution is -2.40. The molecule has 1 saturated heterocycles. The van der Waals surface area contributed by atoms with Crippen LogP contribution in [0.2, 0.25) is 0 Å². The summed E-state index contributed by atoms with van der Waals surface area (Å²) in [5.74, 6) is 6.33. The van der Waals surface area contributed by atoms with Crippen molar-refractivity contribution in [3.63, 3.8) is 0 Å². The summed E-state index contributed by atoms with van der Waals surface area (Å²) in [6.07, 6.45) is -1.79. The topological polar surface area (TPSA) is 67.8 Å². The molecule has 39 heavy (non-hydrogen) atoms. The fourth-order valence-corrected chi connectivity index (χ4v) is 4.81. The molecule has 0 bridgehead atoms. The Morgan fingerprint density at radius 2 is 1.90 bits per heavy atom. The number of nitrogens with one attached hydrogen (secondary N) is 2. The van der Waals surface area contributed by atoms with E-state index in [2.05, 4.69) is 27.4 Å². The Kier molecular flexibility index (Phi) is 9.38. The molecule has 0 radical (unpaired) electrons. The predicted octanol–water partition coefficient (Wildman–Crippen LogP) is 5.01. The van der Waals surface area contributed by atoms with Crippen molar-refractivity contribution in [2.75, 3.05) is 57.6 Å². The molecule has 0 unspecified atom stereocenters. The predicted molar refractivity (Wildman–Crippen MR) is 147 cm³/mol. The molecule has 10 heteroatoms. The normalized spacial score (nSPS) is 14.6. The molecule has 208 valence electrons. The van der Waals surface area contributed by atoms with Gasteiger partial charge in [-0.3, -0.25) is 4.79 Å². The molecule has 2 N–H and O–H groups in total. The van der Waals surface area contributed by atoms with E-state index in [4.69, 9.17) is 9.47 Å². The van der Waals surface area contributed by atoms with Gasteiger partial charge < -0.3 is 29.6 Å². The molecule has 4 rings (SSSR count). The van der Waals surface area contributed by atoms with Gasteiger partial charge in [0.25, 0.3) is 0 Å². The minimum Gasteiger partial charge on any atom is -0.495 e. The van der Waals surface area contributed by atoms with E-state index in [0.717, 1.165) is 44.4 Å². The summed E-state index contributed by atoms with van der Waals surface area (Å²) in [6.45, 7) is 2.53. The zero-order valence-corrected chi connectivity index (χ0v) is 22.1. The Morgan fingerprint density at radius 1 is 1.10 bits per heavy atom. The maximum atomic E-state index is 13.5. The van der Waals surface area contributed by atoms with E-state index in [0.29, 0.717) is 34.5 Å². The van der Waals surface area contributed by atoms with Crippen LogP contribution in [0.15, 0.2) is 42.5 Å². The molecule has 1 aromatic heterocycles. The van der Waals surface area contributed by atoms with Crippen LogP contribution >= 0.6 is 0 Å². The van der Waals surface area contributed by atoms with Gasteiger partial charge in [-0.05, 0) is 55.2 Å². The van der Waals surface area contributed by atoms with Gasteiger partial charge in [0.05, 0.1) is 37.2 Å². The van der Waals surface area contributed by atoms with Crippen LogP contribution in [0, 0.1) is 11.8 Å². The number of piperidine rings is 1. The number of aldehydes is 1. The maximum Gasteiger partial charge on any atom is 0.406 e. The number of benzene rings is 2. The number of rotatable bonds is 10. The molecule has 7 nitrogen and oxygen atoms in total. The molecular weight excluding hydrogens is 509 g/mol. The first-order chi connectivity index (χ1) is 18.8. The second-order valence-corrected chi connectivity index (χ2v) is 9.46. The highest BCUT2D eigenvalue weighted by Gasteiger charge is 2.30. The van der Waals surface area contributed by atoms with E-state index < -0.39 is 12.7 Å². The van der Waals surface area contributed by atoms with E-state index in [-0.39, 0.29) is 18.3 Å². The van der Waals surface area contributed by atoms with Crippen molar-refractivity contribution in [3.05, 3.63) is 53.7 Å². The Balaban J connectivity index is 1.53. The first-order valence-electron chi connectivity index (χ1n) is 12.8. The smallest absolute Gasteiger partial charge is 0.406 e. The summed E-state index contributed by atoms with van der Waals surface area (Å²) in [5.41, 5.74) is 2.69. The number of halogens is 3. The van der Waals surface area contributed by atoms with Crippen molar-refractivity contribution >= 4 is 28.6 Å². The van der Waals surface area contributed by atoms with E-state index in [1.807, 2.05) is 6.07 Å². The number of anilines is 2. The lowest BCUT2D eigenvalue weighted by molar-refractivity contribution is -0.140. The van der Waals surface area contributed by atoms with Crippen LogP contribution in [0.3, 0.4) is 0 Å². The number of methoxy groups -OCH3 is 2. The van der Waals surface area contributed by atoms with Crippen LogP contribution < -0.4 is 15.4 Å². The molecule has 0 aliphatic carbocycles. The van der Waals surface area contributed by atoms with Gasteiger partial charge in [-0.25, -0.2) is 0 Å². The van der Waals surface area contributed by atoms with Crippen LogP contribution in [-0.4, -0.2) is 75.0 Å². The highest BCUT2D eigenvalue weighted by Crippen LogP contribution is 2.31. The number of ether oxygens (including phenoxy) is 2. The Bertz CT molecular complexity index is 1340. The van der Waals surface area contributed by atoms with Gasteiger partial charge >= 0.3 is 6.18 Å². The van der Waals surface area contributed by atoms with Gasteiger partial charge in [0.2, 0.25) is 0 Å². The van der Waals surface area contributed by atoms with Crippen molar-refractivity contribution in [2.45, 2.75) is 31.6 Å². The summed E-state index contributed by atoms with van der Waals surface area (Å²) in [7, 11) is 3.19. The monoisotopic (exact) mass is 542 g/mol. The molecule has 3 aromatic rings. The van der Waals surface area contributed by atoms with Gasteiger partial charge in [-0.2, -0.15) is 13.2 Å². The van der Waals surface area contributed by atoms with Crippen LogP contribution in [0.4, 0.5) is 24.5 Å². The summed E-state index contributed by atoms with van der Waals surface area (Å²) in [4.78, 5) is 13.4. The second-order valence-electron chi connectivity index (χ2n) is 9.46. The number of likely N-dealkylation sites (tertiary alicyclic amines) is 1. The standard InChI is InChI=1S/C29H33F3N4O3/c1-38-16-15-35-13-10-22(11-14-35)34-25-6-3-7-27-24(25)18-23(36(27)20-29(30,31)32)5-4-12-33-26-9-8-21(19-37)17-28(26)39-2/h3,6-9,17-19,22,33-34H,10-16,20H2,1-2H3. The van der Waals surface area contributed by atoms with Crippen LogP contribution in [0.25, 0.3) is 10.9 Å². The minimum atomic E-state index is -4.40. The number of carbonyl (C=O) groups excluding carboxylic acids is 1. The summed E-state index contributed by atoms with van der Waals surface area (Å²) >= 11 is 0. The third-order valence-electron chi connectivity index (χ3n) is 6.79. The van der Waals surface area contributed by atoms with E-state index in [1.165, 1.54) is 11.7 Å². The fraction of sp³-hybridized carbons (Fsp3) is 0.414. The van der Waals surface area contributed by atoms with Crippen LogP contribution in [0.1, 0.15) is 28.9 Å². The van der Waals surface area contributed by atoms with Gasteiger partial charge in [0, 0.05) is 49.4 Å². The van der Waals surface area contributed by atoms with Crippen LogP contribution in [0.5, 0.6) is 5.75 Å². The first-order valence-corrected chi connectivity index (χ1v) is 12.8. The average molecular weight is 543 g/mol. The molecule has 1 fully saturated rings. The number of nitrogens with zero attached hydrogens (tertiary/aromatic N) is 2. The van der Waals surface area contributed by atoms with Crippen molar-refractivity contribution in [1.29, 1.82) is 0 Å². The molecule has 2 aromatic carbocycles. The molecule has 0 amide bonds. The fourth-order valence-electron chi connectivity index (χ4n) is 4.81. The minimum absolute atomic E-state index is 0.178. The van der Waals surface area contributed by atoms with Gasteiger partial charge in [0.15, 0.2) is 0 Å². The quantitative estimate of drug-likeness (QED) is 0.277. The number of aromatic nitrogens is 1. The third kappa shape index (κ3) is 7.46. The number of hydrogen-bond donors (Lipinski definition) is 2. The zero-order valence-electron chi connectivity index (χ0n) is 22.1. The van der Waals surface area contributed by atoms with E-state index in [9.17, 15) is 18.0 Å². The highest BCUT2D eigenvalue weighted by molar-refractivity contribution is 5.94. The van der Waals surface area contributed by atoms with Crippen molar-refractivity contribution in [2.24, 2.45) is 0 Å². The third-order valence-corrected chi connectivity index (χ3v) is 6.79. The summed E-state index contributed by atoms with van der Waals surface area (Å²) < 4.78 is 52.3. The zero-order chi connectivity index (χ0) is 27.8. The number of carbonyl (C=O) groups is 1. The molecule has 0 spiro atoms. The van der Waals surface area contributed by atoms with E-state index in [1.54, 1.807) is 43.5 Å². The first kappa shape index (κ1) is 28.3. The second kappa shape index (κ2) is 12.9. The Morgan fingerprint density at radius 3 is 2.59 bits per heavy atom. The molecule has 2 heterocycles. The molecule has 0 atom stereocenters. The summed E-state index contributed by atoms with van der Waals surface area (Å²) in [6, 6.07) is 12.3. The number of alkyl halides is 3. The average Bonchev–Trinajstić information content (AvgIpc) is 3.27. The van der Waals surface area contributed by atoms with Gasteiger partial charge in [0.1, 0.15) is 18.6 Å². The van der Waals surface area contributed by atoms with Crippen molar-refractivity contribution in [3.8, 4) is 17.6 Å². The lowest BCUT2D eigenvalue weighted by atomic mass is 10.0. The highest BCUT2D eigenvalue weighted by atomic mass is 19.4. The van der Waals surface area contributed by atoms with Crippen molar-refractivity contribution < 1.29 is 27.4 Å². The molecule has 0 saturated carbocycles. The Labute approximate surface area is 226 Å². The van der Waals surface area contributed by atoms with E-state index >= 15 is 0 Å². The Hall–Kier alpha value is -3.68. The number of fused-ring (bicyclic) bond motifs is 1. The number of hydrogen-bond acceptors (Lipinski definition) is 6. The maximum absolute atomic E-state index is 13.5. The SMILES string of the molecule is COCCN1CCC(Nc2cccc3c2cc(C#CCNc2ccc(C=O)cc2OC)n3CC(F)(F)F)CC1. The molecule has 1 aliphatic rings. The largest absolute Gasteiger partial charge is 0.495 e.